The second kappa shape index (κ2) is 8.94. The van der Waals surface area contributed by atoms with E-state index in [0.717, 1.165) is 12.1 Å². The first-order valence-electron chi connectivity index (χ1n) is 8.15. The number of primary amides is 1. The van der Waals surface area contributed by atoms with Crippen molar-refractivity contribution >= 4 is 17.7 Å². The Bertz CT molecular complexity index is 742. The number of nitrogens with one attached hydrogen (secondary N) is 1. The Kier molecular flexibility index (Phi) is 7.43. The van der Waals surface area contributed by atoms with Crippen LogP contribution >= 0.6 is 0 Å². The summed E-state index contributed by atoms with van der Waals surface area (Å²) in [5.74, 6) is -3.07. The molecule has 2 amide bonds. The molecule has 0 fully saturated rings. The zero-order valence-corrected chi connectivity index (χ0v) is 15.7. The van der Waals surface area contributed by atoms with E-state index in [4.69, 9.17) is 15.2 Å². The lowest BCUT2D eigenvalue weighted by Crippen LogP contribution is -2.35. The zero-order valence-electron chi connectivity index (χ0n) is 15.7. The summed E-state index contributed by atoms with van der Waals surface area (Å²) in [6.45, 7) is 8.79. The van der Waals surface area contributed by atoms with Gasteiger partial charge in [0.2, 0.25) is 0 Å². The predicted molar refractivity (Wildman–Crippen MR) is 93.7 cm³/mol. The molecule has 0 aliphatic rings. The molecule has 10 heteroatoms. The van der Waals surface area contributed by atoms with E-state index in [-0.39, 0.29) is 23.3 Å². The fourth-order valence-electron chi connectivity index (χ4n) is 2.29. The highest BCUT2D eigenvalue weighted by Crippen LogP contribution is 2.30. The van der Waals surface area contributed by atoms with Crippen LogP contribution in [0.5, 0.6) is 5.75 Å². The van der Waals surface area contributed by atoms with E-state index < -0.39 is 35.8 Å². The molecule has 28 heavy (non-hydrogen) atoms. The number of hydrogen-bond donors (Lipinski definition) is 2. The van der Waals surface area contributed by atoms with Gasteiger partial charge in [-0.15, -0.1) is 0 Å². The van der Waals surface area contributed by atoms with Crippen molar-refractivity contribution < 1.29 is 36.6 Å². The van der Waals surface area contributed by atoms with E-state index in [1.807, 2.05) is 20.8 Å². The molecular formula is C18H22F4N2O4. The normalized spacial score (nSPS) is 12.8. The fraction of sp³-hybridized carbons (Fsp3) is 0.444. The maximum absolute atomic E-state index is 13.6. The third kappa shape index (κ3) is 7.85. The van der Waals surface area contributed by atoms with Gasteiger partial charge in [-0.25, -0.2) is 9.18 Å². The maximum Gasteiger partial charge on any atom is 0.471 e. The van der Waals surface area contributed by atoms with E-state index in [1.54, 1.807) is 5.32 Å². The number of benzene rings is 1. The van der Waals surface area contributed by atoms with Crippen LogP contribution in [0.2, 0.25) is 0 Å². The van der Waals surface area contributed by atoms with Crippen LogP contribution in [-0.2, 0) is 9.53 Å². The lowest BCUT2D eigenvalue weighted by atomic mass is 9.89. The quantitative estimate of drug-likeness (QED) is 0.675. The van der Waals surface area contributed by atoms with E-state index in [9.17, 15) is 27.2 Å². The average Bonchev–Trinajstić information content (AvgIpc) is 2.51. The summed E-state index contributed by atoms with van der Waals surface area (Å²) in [7, 11) is 0. The van der Waals surface area contributed by atoms with E-state index in [0.29, 0.717) is 6.42 Å². The van der Waals surface area contributed by atoms with E-state index in [1.165, 1.54) is 6.07 Å². The summed E-state index contributed by atoms with van der Waals surface area (Å²) in [6.07, 6.45) is -6.52. The van der Waals surface area contributed by atoms with Crippen molar-refractivity contribution in [2.75, 3.05) is 6.61 Å². The van der Waals surface area contributed by atoms with Crippen molar-refractivity contribution in [3.05, 3.63) is 36.2 Å². The molecule has 1 aromatic rings. The molecule has 1 atom stereocenters. The van der Waals surface area contributed by atoms with Crippen LogP contribution < -0.4 is 15.8 Å². The second-order valence-electron chi connectivity index (χ2n) is 7.21. The fourth-order valence-corrected chi connectivity index (χ4v) is 2.29. The highest BCUT2D eigenvalue weighted by atomic mass is 19.4. The number of halogens is 4. The van der Waals surface area contributed by atoms with Gasteiger partial charge in [-0.2, -0.15) is 13.2 Å². The van der Waals surface area contributed by atoms with Crippen LogP contribution in [-0.4, -0.2) is 30.9 Å². The molecule has 3 N–H and O–H groups in total. The van der Waals surface area contributed by atoms with Crippen molar-refractivity contribution in [2.24, 2.45) is 11.1 Å². The van der Waals surface area contributed by atoms with Crippen LogP contribution in [0.3, 0.4) is 0 Å². The van der Waals surface area contributed by atoms with Gasteiger partial charge in [-0.05, 0) is 30.0 Å². The summed E-state index contributed by atoms with van der Waals surface area (Å²) in [5, 5.41) is 1.57. The monoisotopic (exact) mass is 406 g/mol. The molecule has 0 saturated heterocycles. The van der Waals surface area contributed by atoms with Crippen molar-refractivity contribution in [1.82, 2.24) is 5.32 Å². The molecule has 0 spiro atoms. The number of amides is 2. The Morgan fingerprint density at radius 3 is 2.36 bits per heavy atom. The molecule has 1 rings (SSSR count). The first kappa shape index (κ1) is 23.3. The molecule has 0 aliphatic carbocycles. The molecule has 0 aromatic heterocycles. The van der Waals surface area contributed by atoms with Crippen LogP contribution in [0.1, 0.15) is 32.8 Å². The summed E-state index contributed by atoms with van der Waals surface area (Å²) in [6, 6.07) is 3.08. The molecule has 6 nitrogen and oxygen atoms in total. The minimum Gasteiger partial charge on any atom is -0.486 e. The third-order valence-electron chi connectivity index (χ3n) is 3.33. The van der Waals surface area contributed by atoms with E-state index >= 15 is 0 Å². The minimum atomic E-state index is -5.14. The van der Waals surface area contributed by atoms with E-state index in [2.05, 4.69) is 6.58 Å². The topological polar surface area (TPSA) is 90.7 Å². The number of hydrogen-bond acceptors (Lipinski definition) is 4. The van der Waals surface area contributed by atoms with Gasteiger partial charge >= 0.3 is 18.2 Å². The number of ether oxygens (including phenoxy) is 2. The molecule has 0 radical (unpaired) electrons. The molecule has 0 aliphatic heterocycles. The lowest BCUT2D eigenvalue weighted by Gasteiger charge is -2.27. The third-order valence-corrected chi connectivity index (χ3v) is 3.33. The number of alkyl halides is 3. The summed E-state index contributed by atoms with van der Waals surface area (Å²) < 4.78 is 61.5. The van der Waals surface area contributed by atoms with Gasteiger partial charge in [0, 0.05) is 11.3 Å². The lowest BCUT2D eigenvalue weighted by molar-refractivity contribution is -0.172. The van der Waals surface area contributed by atoms with Gasteiger partial charge < -0.3 is 20.5 Å². The van der Waals surface area contributed by atoms with Gasteiger partial charge in [-0.1, -0.05) is 27.4 Å². The van der Waals surface area contributed by atoms with Gasteiger partial charge in [-0.3, -0.25) is 4.79 Å². The Balaban J connectivity index is 3.12. The summed E-state index contributed by atoms with van der Waals surface area (Å²) in [4.78, 5) is 22.0. The largest absolute Gasteiger partial charge is 0.486 e. The number of nitrogens with two attached hydrogens (primary N) is 1. The Morgan fingerprint density at radius 2 is 1.86 bits per heavy atom. The Labute approximate surface area is 159 Å². The predicted octanol–water partition coefficient (Wildman–Crippen LogP) is 3.75. The van der Waals surface area contributed by atoms with Gasteiger partial charge in [0.15, 0.2) is 0 Å². The first-order valence-corrected chi connectivity index (χ1v) is 8.15. The number of carbonyl (C=O) groups is 2. The summed E-state index contributed by atoms with van der Waals surface area (Å²) >= 11 is 0. The second-order valence-corrected chi connectivity index (χ2v) is 7.21. The molecule has 0 saturated carbocycles. The molecule has 156 valence electrons. The molecule has 0 heterocycles. The van der Waals surface area contributed by atoms with Gasteiger partial charge in [0.25, 0.3) is 0 Å². The molecule has 0 unspecified atom stereocenters. The first-order chi connectivity index (χ1) is 12.7. The standard InChI is InChI=1S/C18H22F4N2O4/c1-10(24-15(25)18(20,21)22)13-7-11(19)5-6-14(13)28-12(8-17(2,3)4)9-27-16(23)26/h5-7,12H,1,8-9H2,2-4H3,(H2,23,26)(H,24,25)/t12-/m0/s1. The van der Waals surface area contributed by atoms with Crippen molar-refractivity contribution in [3.8, 4) is 5.75 Å². The van der Waals surface area contributed by atoms with Crippen molar-refractivity contribution in [2.45, 2.75) is 39.5 Å². The maximum atomic E-state index is 13.6. The average molecular weight is 406 g/mol. The SMILES string of the molecule is C=C(NC(=O)C(F)(F)F)c1cc(F)ccc1O[C@H](COC(N)=O)CC(C)(C)C. The Hall–Kier alpha value is -2.78. The van der Waals surface area contributed by atoms with Crippen LogP contribution in [0, 0.1) is 11.2 Å². The zero-order chi connectivity index (χ0) is 21.7. The van der Waals surface area contributed by atoms with Crippen LogP contribution in [0.4, 0.5) is 22.4 Å². The summed E-state index contributed by atoms with van der Waals surface area (Å²) in [5.41, 5.74) is 4.00. The highest BCUT2D eigenvalue weighted by Gasteiger charge is 2.39. The molecule has 1 aromatic carbocycles. The van der Waals surface area contributed by atoms with Gasteiger partial charge in [0.05, 0.1) is 0 Å². The van der Waals surface area contributed by atoms with Crippen molar-refractivity contribution in [3.63, 3.8) is 0 Å². The van der Waals surface area contributed by atoms with Gasteiger partial charge in [0.1, 0.15) is 24.3 Å². The Morgan fingerprint density at radius 1 is 1.25 bits per heavy atom. The molecule has 0 bridgehead atoms. The number of rotatable bonds is 7. The van der Waals surface area contributed by atoms with Crippen LogP contribution in [0.25, 0.3) is 5.70 Å². The smallest absolute Gasteiger partial charge is 0.471 e. The minimum absolute atomic E-state index is 0.0452. The van der Waals surface area contributed by atoms with Crippen molar-refractivity contribution in [1.29, 1.82) is 0 Å². The highest BCUT2D eigenvalue weighted by molar-refractivity contribution is 5.90. The molecular weight excluding hydrogens is 384 g/mol. The number of carbonyl (C=O) groups excluding carboxylic acids is 2. The van der Waals surface area contributed by atoms with Crippen LogP contribution in [0.15, 0.2) is 24.8 Å².